The summed E-state index contributed by atoms with van der Waals surface area (Å²) < 4.78 is 5.35. The number of carbonyl (C=O) groups is 1. The van der Waals surface area contributed by atoms with Gasteiger partial charge in [-0.05, 0) is 31.5 Å². The van der Waals surface area contributed by atoms with Gasteiger partial charge in [0.05, 0.1) is 11.1 Å². The van der Waals surface area contributed by atoms with Gasteiger partial charge in [-0.3, -0.25) is 4.79 Å². The second-order valence-electron chi connectivity index (χ2n) is 4.06. The molecule has 0 radical (unpaired) electrons. The summed E-state index contributed by atoms with van der Waals surface area (Å²) in [5, 5.41) is 9.79. The summed E-state index contributed by atoms with van der Waals surface area (Å²) in [4.78, 5) is 13.1. The number of carbonyl (C=O) groups excluding carboxylic acids is 1. The Hall–Kier alpha value is -1.26. The Balaban J connectivity index is 2.66. The Labute approximate surface area is 112 Å². The molecule has 1 amide bonds. The van der Waals surface area contributed by atoms with Crippen LogP contribution in [0.1, 0.15) is 25.5 Å². The van der Waals surface area contributed by atoms with Crippen LogP contribution in [0.25, 0.3) is 0 Å². The number of aliphatic hydroxyl groups is 1. The van der Waals surface area contributed by atoms with Crippen LogP contribution in [0.2, 0.25) is 5.02 Å². The molecule has 0 spiro atoms. The van der Waals surface area contributed by atoms with Crippen LogP contribution in [0, 0.1) is 0 Å². The fraction of sp³-hybridized carbons (Fsp3) is 0.462. The molecular formula is C13H18ClNO3. The summed E-state index contributed by atoms with van der Waals surface area (Å²) in [7, 11) is 1.71. The molecule has 0 bridgehead atoms. The number of amides is 1. The van der Waals surface area contributed by atoms with Gasteiger partial charge in [-0.2, -0.15) is 0 Å². The molecule has 0 saturated carbocycles. The van der Waals surface area contributed by atoms with E-state index >= 15 is 0 Å². The summed E-state index contributed by atoms with van der Waals surface area (Å²) in [5.74, 6) is 0.340. The number of nitrogens with zero attached hydrogens (tertiary/aromatic N) is 1. The maximum absolute atomic E-state index is 11.6. The van der Waals surface area contributed by atoms with E-state index in [2.05, 4.69) is 0 Å². The van der Waals surface area contributed by atoms with E-state index in [0.717, 1.165) is 0 Å². The lowest BCUT2D eigenvalue weighted by Gasteiger charge is -2.15. The SMILES string of the molecule is CCN(C)C(=O)COc1ccc(C(C)O)cc1Cl. The Morgan fingerprint density at radius 2 is 2.22 bits per heavy atom. The zero-order chi connectivity index (χ0) is 13.7. The molecule has 0 aromatic heterocycles. The van der Waals surface area contributed by atoms with Crippen molar-refractivity contribution in [2.45, 2.75) is 20.0 Å². The maximum atomic E-state index is 11.6. The van der Waals surface area contributed by atoms with Gasteiger partial charge in [-0.25, -0.2) is 0 Å². The van der Waals surface area contributed by atoms with Crippen LogP contribution >= 0.6 is 11.6 Å². The number of hydrogen-bond donors (Lipinski definition) is 1. The van der Waals surface area contributed by atoms with Crippen LogP contribution < -0.4 is 4.74 Å². The first-order valence-electron chi connectivity index (χ1n) is 5.80. The third kappa shape index (κ3) is 3.89. The number of aliphatic hydroxyl groups excluding tert-OH is 1. The van der Waals surface area contributed by atoms with Crippen molar-refractivity contribution in [3.63, 3.8) is 0 Å². The largest absolute Gasteiger partial charge is 0.482 e. The van der Waals surface area contributed by atoms with Crippen molar-refractivity contribution in [1.82, 2.24) is 4.90 Å². The van der Waals surface area contributed by atoms with Gasteiger partial charge >= 0.3 is 0 Å². The van der Waals surface area contributed by atoms with Crippen molar-refractivity contribution in [3.8, 4) is 5.75 Å². The number of hydrogen-bond acceptors (Lipinski definition) is 3. The number of benzene rings is 1. The quantitative estimate of drug-likeness (QED) is 0.894. The minimum absolute atomic E-state index is 0.0436. The van der Waals surface area contributed by atoms with E-state index < -0.39 is 6.10 Å². The molecule has 0 aliphatic rings. The molecule has 100 valence electrons. The van der Waals surface area contributed by atoms with Crippen LogP contribution in [-0.2, 0) is 4.79 Å². The van der Waals surface area contributed by atoms with Crippen LogP contribution in [0.4, 0.5) is 0 Å². The van der Waals surface area contributed by atoms with E-state index in [0.29, 0.717) is 22.9 Å². The van der Waals surface area contributed by atoms with Crippen molar-refractivity contribution in [3.05, 3.63) is 28.8 Å². The predicted octanol–water partition coefficient (Wildman–Crippen LogP) is 2.25. The molecule has 4 nitrogen and oxygen atoms in total. The van der Waals surface area contributed by atoms with Gasteiger partial charge in [0, 0.05) is 13.6 Å². The molecule has 1 atom stereocenters. The molecule has 18 heavy (non-hydrogen) atoms. The lowest BCUT2D eigenvalue weighted by Crippen LogP contribution is -2.31. The fourth-order valence-electron chi connectivity index (χ4n) is 1.32. The molecule has 1 aromatic rings. The first-order chi connectivity index (χ1) is 8.45. The van der Waals surface area contributed by atoms with Crippen LogP contribution in [0.15, 0.2) is 18.2 Å². The maximum Gasteiger partial charge on any atom is 0.260 e. The second-order valence-corrected chi connectivity index (χ2v) is 4.47. The topological polar surface area (TPSA) is 49.8 Å². The Kier molecular flexibility index (Phi) is 5.44. The molecule has 5 heteroatoms. The fourth-order valence-corrected chi connectivity index (χ4v) is 1.56. The summed E-state index contributed by atoms with van der Waals surface area (Å²) in [5.41, 5.74) is 0.712. The standard InChI is InChI=1S/C13H18ClNO3/c1-4-15(3)13(17)8-18-12-6-5-10(9(2)16)7-11(12)14/h5-7,9,16H,4,8H2,1-3H3. The van der Waals surface area contributed by atoms with Gasteiger partial charge in [-0.15, -0.1) is 0 Å². The Morgan fingerprint density at radius 3 is 2.72 bits per heavy atom. The molecule has 0 aliphatic carbocycles. The lowest BCUT2D eigenvalue weighted by molar-refractivity contribution is -0.131. The summed E-state index contributed by atoms with van der Waals surface area (Å²) in [6, 6.07) is 5.01. The smallest absolute Gasteiger partial charge is 0.260 e. The molecule has 1 N–H and O–H groups in total. The number of halogens is 1. The number of likely N-dealkylation sites (N-methyl/N-ethyl adjacent to an activating group) is 1. The molecule has 1 aromatic carbocycles. The first kappa shape index (κ1) is 14.8. The molecule has 1 rings (SSSR count). The highest BCUT2D eigenvalue weighted by atomic mass is 35.5. The van der Waals surface area contributed by atoms with Crippen LogP contribution in [-0.4, -0.2) is 36.1 Å². The molecular weight excluding hydrogens is 254 g/mol. The predicted molar refractivity (Wildman–Crippen MR) is 70.9 cm³/mol. The average molecular weight is 272 g/mol. The first-order valence-corrected chi connectivity index (χ1v) is 6.17. The Morgan fingerprint density at radius 1 is 1.56 bits per heavy atom. The van der Waals surface area contributed by atoms with E-state index in [9.17, 15) is 9.90 Å². The van der Waals surface area contributed by atoms with Crippen molar-refractivity contribution in [2.24, 2.45) is 0 Å². The zero-order valence-corrected chi connectivity index (χ0v) is 11.6. The van der Waals surface area contributed by atoms with Gasteiger partial charge in [0.1, 0.15) is 5.75 Å². The third-order valence-corrected chi connectivity index (χ3v) is 2.98. The van der Waals surface area contributed by atoms with Gasteiger partial charge in [-0.1, -0.05) is 17.7 Å². The van der Waals surface area contributed by atoms with Gasteiger partial charge in [0.25, 0.3) is 5.91 Å². The van der Waals surface area contributed by atoms with Gasteiger partial charge < -0.3 is 14.7 Å². The van der Waals surface area contributed by atoms with E-state index in [4.69, 9.17) is 16.3 Å². The third-order valence-electron chi connectivity index (χ3n) is 2.69. The summed E-state index contributed by atoms with van der Waals surface area (Å²) in [6.45, 7) is 4.14. The summed E-state index contributed by atoms with van der Waals surface area (Å²) in [6.07, 6.45) is -0.579. The molecule has 0 fully saturated rings. The van der Waals surface area contributed by atoms with Gasteiger partial charge in [0.2, 0.25) is 0 Å². The second kappa shape index (κ2) is 6.61. The highest BCUT2D eigenvalue weighted by Crippen LogP contribution is 2.27. The van der Waals surface area contributed by atoms with Crippen molar-refractivity contribution in [1.29, 1.82) is 0 Å². The highest BCUT2D eigenvalue weighted by molar-refractivity contribution is 6.32. The monoisotopic (exact) mass is 271 g/mol. The molecule has 1 unspecified atom stereocenters. The van der Waals surface area contributed by atoms with E-state index in [-0.39, 0.29) is 12.5 Å². The van der Waals surface area contributed by atoms with Crippen LogP contribution in [0.3, 0.4) is 0 Å². The van der Waals surface area contributed by atoms with Crippen molar-refractivity contribution in [2.75, 3.05) is 20.2 Å². The lowest BCUT2D eigenvalue weighted by atomic mass is 10.1. The normalized spacial score (nSPS) is 12.1. The van der Waals surface area contributed by atoms with Crippen molar-refractivity contribution >= 4 is 17.5 Å². The van der Waals surface area contributed by atoms with E-state index in [1.165, 1.54) is 0 Å². The number of rotatable bonds is 5. The van der Waals surface area contributed by atoms with E-state index in [1.807, 2.05) is 6.92 Å². The van der Waals surface area contributed by atoms with Crippen molar-refractivity contribution < 1.29 is 14.6 Å². The molecule has 0 heterocycles. The summed E-state index contributed by atoms with van der Waals surface area (Å²) >= 11 is 6.01. The average Bonchev–Trinajstić information content (AvgIpc) is 2.35. The molecule has 0 aliphatic heterocycles. The van der Waals surface area contributed by atoms with Crippen LogP contribution in [0.5, 0.6) is 5.75 Å². The minimum Gasteiger partial charge on any atom is -0.482 e. The Bertz CT molecular complexity index is 421. The molecule has 0 saturated heterocycles. The van der Waals surface area contributed by atoms with Gasteiger partial charge in [0.15, 0.2) is 6.61 Å². The highest BCUT2D eigenvalue weighted by Gasteiger charge is 2.10. The zero-order valence-electron chi connectivity index (χ0n) is 10.8. The van der Waals surface area contributed by atoms with E-state index in [1.54, 1.807) is 37.1 Å². The minimum atomic E-state index is -0.579. The number of ether oxygens (including phenoxy) is 1.